The van der Waals surface area contributed by atoms with Crippen molar-refractivity contribution >= 4 is 15.6 Å². The fraction of sp³-hybridized carbons (Fsp3) is 0.400. The molecule has 112 valence electrons. The van der Waals surface area contributed by atoms with E-state index in [-0.39, 0.29) is 22.7 Å². The van der Waals surface area contributed by atoms with Crippen LogP contribution in [-0.2, 0) is 24.1 Å². The van der Waals surface area contributed by atoms with Gasteiger partial charge in [0.25, 0.3) is 0 Å². The van der Waals surface area contributed by atoms with Crippen molar-refractivity contribution in [1.29, 1.82) is 0 Å². The number of benzene rings is 1. The third-order valence-electron chi connectivity index (χ3n) is 3.75. The summed E-state index contributed by atoms with van der Waals surface area (Å²) in [6, 6.07) is 8.25. The second-order valence-corrected chi connectivity index (χ2v) is 7.07. The van der Waals surface area contributed by atoms with Crippen LogP contribution in [0.5, 0.6) is 0 Å². The van der Waals surface area contributed by atoms with Gasteiger partial charge in [-0.1, -0.05) is 24.3 Å². The number of ether oxygens (including phenoxy) is 2. The van der Waals surface area contributed by atoms with Crippen LogP contribution in [0.2, 0.25) is 0 Å². The molecule has 2 fully saturated rings. The van der Waals surface area contributed by atoms with Crippen LogP contribution in [0.4, 0.5) is 0 Å². The van der Waals surface area contributed by atoms with Gasteiger partial charge in [-0.3, -0.25) is 4.79 Å². The highest BCUT2D eigenvalue weighted by Gasteiger charge is 2.42. The van der Waals surface area contributed by atoms with E-state index in [9.17, 15) is 13.2 Å². The molecule has 0 aliphatic carbocycles. The normalized spacial score (nSPS) is 29.1. The van der Waals surface area contributed by atoms with Crippen LogP contribution in [0.3, 0.4) is 0 Å². The first-order valence-corrected chi connectivity index (χ1v) is 8.37. The summed E-state index contributed by atoms with van der Waals surface area (Å²) in [7, 11) is -3.43. The van der Waals surface area contributed by atoms with Crippen molar-refractivity contribution < 1.29 is 22.7 Å². The Morgan fingerprint density at radius 1 is 1.24 bits per heavy atom. The Hall–Kier alpha value is -1.50. The largest absolute Gasteiger partial charge is 0.343 e. The van der Waals surface area contributed by atoms with Gasteiger partial charge in [0.1, 0.15) is 0 Å². The highest BCUT2D eigenvalue weighted by Crippen LogP contribution is 2.31. The van der Waals surface area contributed by atoms with E-state index < -0.39 is 16.1 Å². The molecule has 2 bridgehead atoms. The molecule has 0 spiro atoms. The molecule has 0 amide bonds. The van der Waals surface area contributed by atoms with Gasteiger partial charge < -0.3 is 9.47 Å². The number of hydrogen-bond acceptors (Lipinski definition) is 5. The SMILES string of the molecule is O=C1C[C@H](C/C=C/S(=O)(=O)c2ccccc2)[C@H]2CO[C@@H]1O2. The zero-order chi connectivity index (χ0) is 14.9. The van der Waals surface area contributed by atoms with Gasteiger partial charge in [0.2, 0.25) is 6.29 Å². The van der Waals surface area contributed by atoms with E-state index in [0.717, 1.165) is 0 Å². The first kappa shape index (κ1) is 14.4. The first-order chi connectivity index (χ1) is 10.1. The van der Waals surface area contributed by atoms with Gasteiger partial charge >= 0.3 is 0 Å². The van der Waals surface area contributed by atoms with Crippen LogP contribution in [0.15, 0.2) is 46.7 Å². The van der Waals surface area contributed by atoms with Gasteiger partial charge in [0.15, 0.2) is 15.6 Å². The van der Waals surface area contributed by atoms with E-state index in [1.807, 2.05) is 0 Å². The Labute approximate surface area is 123 Å². The molecule has 3 atom stereocenters. The fourth-order valence-corrected chi connectivity index (χ4v) is 3.66. The number of fused-ring (bicyclic) bond motifs is 2. The predicted octanol–water partition coefficient (Wildman–Crippen LogP) is 1.69. The fourth-order valence-electron chi connectivity index (χ4n) is 2.60. The van der Waals surface area contributed by atoms with E-state index in [4.69, 9.17) is 9.47 Å². The lowest BCUT2D eigenvalue weighted by Gasteiger charge is -2.25. The molecule has 1 aromatic rings. The second-order valence-electron chi connectivity index (χ2n) is 5.24. The van der Waals surface area contributed by atoms with Crippen molar-refractivity contribution in [2.45, 2.75) is 30.1 Å². The lowest BCUT2D eigenvalue weighted by molar-refractivity contribution is -0.156. The molecule has 2 aliphatic heterocycles. The molecule has 5 nitrogen and oxygen atoms in total. The summed E-state index contributed by atoms with van der Waals surface area (Å²) in [4.78, 5) is 11.9. The average molecular weight is 308 g/mol. The summed E-state index contributed by atoms with van der Waals surface area (Å²) in [6.07, 6.45) is 1.64. The van der Waals surface area contributed by atoms with Crippen LogP contribution < -0.4 is 0 Å². The Kier molecular flexibility index (Phi) is 3.93. The Bertz CT molecular complexity index is 650. The lowest BCUT2D eigenvalue weighted by atomic mass is 9.92. The molecule has 0 radical (unpaired) electrons. The maximum Gasteiger partial charge on any atom is 0.218 e. The molecule has 2 saturated heterocycles. The standard InChI is InChI=1S/C15H16O5S/c16-13-9-11(14-10-19-15(13)20-14)5-4-8-21(17,18)12-6-2-1-3-7-12/h1-4,6-8,11,14-15H,5,9-10H2/b8-4+/t11-,14+,15+/m0/s1. The van der Waals surface area contributed by atoms with Crippen LogP contribution in [-0.4, -0.2) is 33.2 Å². The van der Waals surface area contributed by atoms with E-state index in [1.165, 1.54) is 5.41 Å². The van der Waals surface area contributed by atoms with E-state index in [1.54, 1.807) is 36.4 Å². The summed E-state index contributed by atoms with van der Waals surface area (Å²) in [6.45, 7) is 0.403. The number of ketones is 1. The molecule has 3 rings (SSSR count). The van der Waals surface area contributed by atoms with Crippen LogP contribution in [0.1, 0.15) is 12.8 Å². The van der Waals surface area contributed by atoms with E-state index in [0.29, 0.717) is 19.4 Å². The summed E-state index contributed by atoms with van der Waals surface area (Å²) >= 11 is 0. The van der Waals surface area contributed by atoms with E-state index >= 15 is 0 Å². The maximum atomic E-state index is 12.1. The molecule has 21 heavy (non-hydrogen) atoms. The number of carbonyl (C=O) groups is 1. The van der Waals surface area contributed by atoms with Crippen molar-refractivity contribution in [3.63, 3.8) is 0 Å². The monoisotopic (exact) mass is 308 g/mol. The minimum absolute atomic E-state index is 0.0153. The van der Waals surface area contributed by atoms with Crippen LogP contribution in [0.25, 0.3) is 0 Å². The molecule has 0 N–H and O–H groups in total. The molecule has 0 unspecified atom stereocenters. The van der Waals surface area contributed by atoms with Gasteiger partial charge in [-0.05, 0) is 24.5 Å². The van der Waals surface area contributed by atoms with Crippen molar-refractivity contribution in [1.82, 2.24) is 0 Å². The maximum absolute atomic E-state index is 12.1. The zero-order valence-electron chi connectivity index (χ0n) is 11.3. The van der Waals surface area contributed by atoms with Crippen LogP contribution in [0, 0.1) is 5.92 Å². The predicted molar refractivity (Wildman–Crippen MR) is 75.1 cm³/mol. The molecule has 2 aliphatic rings. The summed E-state index contributed by atoms with van der Waals surface area (Å²) in [5.41, 5.74) is 0. The molecular formula is C15H16O5S. The molecular weight excluding hydrogens is 292 g/mol. The quantitative estimate of drug-likeness (QED) is 0.846. The van der Waals surface area contributed by atoms with Gasteiger partial charge in [-0.15, -0.1) is 0 Å². The molecule has 0 aromatic heterocycles. The van der Waals surface area contributed by atoms with Gasteiger partial charge in [0, 0.05) is 11.8 Å². The van der Waals surface area contributed by atoms with Crippen molar-refractivity contribution in [3.8, 4) is 0 Å². The van der Waals surface area contributed by atoms with Gasteiger partial charge in [-0.2, -0.15) is 0 Å². The number of hydrogen-bond donors (Lipinski definition) is 0. The molecule has 0 saturated carbocycles. The summed E-state index contributed by atoms with van der Waals surface area (Å²) in [5.74, 6) is -0.0773. The number of Topliss-reactive ketones (excluding diaryl/α,β-unsaturated/α-hetero) is 1. The smallest absolute Gasteiger partial charge is 0.218 e. The van der Waals surface area contributed by atoms with Gasteiger partial charge in [0.05, 0.1) is 17.6 Å². The van der Waals surface area contributed by atoms with Crippen LogP contribution >= 0.6 is 0 Å². The third-order valence-corrected chi connectivity index (χ3v) is 5.23. The Morgan fingerprint density at radius 3 is 2.76 bits per heavy atom. The second kappa shape index (κ2) is 5.71. The topological polar surface area (TPSA) is 69.7 Å². The van der Waals surface area contributed by atoms with Gasteiger partial charge in [-0.25, -0.2) is 8.42 Å². The highest BCUT2D eigenvalue weighted by molar-refractivity contribution is 7.94. The van der Waals surface area contributed by atoms with E-state index in [2.05, 4.69) is 0 Å². The van der Waals surface area contributed by atoms with Crippen molar-refractivity contribution in [2.24, 2.45) is 5.92 Å². The Balaban J connectivity index is 1.66. The summed E-state index contributed by atoms with van der Waals surface area (Å²) in [5, 5.41) is 1.20. The Morgan fingerprint density at radius 2 is 2.00 bits per heavy atom. The zero-order valence-corrected chi connectivity index (χ0v) is 12.2. The number of sulfone groups is 1. The highest BCUT2D eigenvalue weighted by atomic mass is 32.2. The minimum atomic E-state index is -3.43. The number of rotatable bonds is 4. The number of allylic oxidation sites excluding steroid dienone is 1. The summed E-state index contributed by atoms with van der Waals surface area (Å²) < 4.78 is 34.8. The molecule has 1 aromatic carbocycles. The minimum Gasteiger partial charge on any atom is -0.343 e. The molecule has 2 heterocycles. The third kappa shape index (κ3) is 3.07. The van der Waals surface area contributed by atoms with Crippen molar-refractivity contribution in [2.75, 3.05) is 6.61 Å². The average Bonchev–Trinajstić information content (AvgIpc) is 2.91. The first-order valence-electron chi connectivity index (χ1n) is 6.83. The number of carbonyl (C=O) groups excluding carboxylic acids is 1. The van der Waals surface area contributed by atoms with Crippen molar-refractivity contribution in [3.05, 3.63) is 41.8 Å². The lowest BCUT2D eigenvalue weighted by Crippen LogP contribution is -2.35. The molecule has 6 heteroatoms.